The van der Waals surface area contributed by atoms with Crippen LogP contribution in [0.5, 0.6) is 17.2 Å². The Morgan fingerprint density at radius 1 is 0.984 bits per heavy atom. The molecule has 0 fully saturated rings. The van der Waals surface area contributed by atoms with Crippen molar-refractivity contribution in [2.24, 2.45) is 23.7 Å². The molecule has 0 saturated heterocycles. The minimum absolute atomic E-state index is 0.0294. The van der Waals surface area contributed by atoms with Crippen LogP contribution in [0.25, 0.3) is 33.3 Å². The minimum Gasteiger partial charge on any atom is -0.507 e. The molecule has 2 aromatic rings. The number of methoxy groups -OCH3 is 1. The molecule has 64 heavy (non-hydrogen) atoms. The molecule has 4 aliphatic rings. The van der Waals surface area contributed by atoms with Gasteiger partial charge in [-0.1, -0.05) is 45.9 Å². The summed E-state index contributed by atoms with van der Waals surface area (Å²) in [6.45, 7) is 13.7. The first-order valence-electron chi connectivity index (χ1n) is 21.3. The molecule has 4 bridgehead atoms. The second-order valence-electron chi connectivity index (χ2n) is 18.2. The number of aromatic hydroxyl groups is 1. The van der Waals surface area contributed by atoms with E-state index in [0.717, 1.165) is 0 Å². The van der Waals surface area contributed by atoms with E-state index in [0.29, 0.717) is 28.9 Å². The monoisotopic (exact) mass is 886 g/mol. The van der Waals surface area contributed by atoms with Gasteiger partial charge in [0.05, 0.1) is 56.7 Å². The first-order chi connectivity index (χ1) is 30.0. The van der Waals surface area contributed by atoms with Crippen LogP contribution in [0.15, 0.2) is 63.6 Å². The highest BCUT2D eigenvalue weighted by atomic mass is 16.7. The van der Waals surface area contributed by atoms with Gasteiger partial charge in [-0.25, -0.2) is 4.98 Å². The van der Waals surface area contributed by atoms with Gasteiger partial charge in [0.2, 0.25) is 5.43 Å². The molecule has 16 nitrogen and oxygen atoms in total. The summed E-state index contributed by atoms with van der Waals surface area (Å²) in [5.41, 5.74) is -0.554. The van der Waals surface area contributed by atoms with E-state index in [1.807, 2.05) is 21.1 Å². The molecule has 6 rings (SSSR count). The molecule has 0 radical (unpaired) electrons. The number of carbonyl (C=O) groups is 3. The number of allylic oxidation sites excluding steroid dienone is 2. The number of ether oxygens (including phenoxy) is 5. The number of aromatic nitrogens is 1. The number of aliphatic hydroxyl groups is 2. The highest BCUT2D eigenvalue weighted by Crippen LogP contribution is 2.50. The highest BCUT2D eigenvalue weighted by Gasteiger charge is 2.50. The fourth-order valence-corrected chi connectivity index (χ4v) is 8.31. The Bertz CT molecular complexity index is 2590. The zero-order chi connectivity index (χ0) is 47.2. The van der Waals surface area contributed by atoms with Crippen molar-refractivity contribution in [3.05, 3.63) is 75.7 Å². The highest BCUT2D eigenvalue weighted by molar-refractivity contribution is 6.22. The average molecular weight is 887 g/mol. The topological polar surface area (TPSA) is 213 Å². The molecule has 16 heteroatoms. The molecule has 9 atom stereocenters. The number of anilines is 1. The maximum atomic E-state index is 14.7. The third-order valence-corrected chi connectivity index (χ3v) is 12.3. The van der Waals surface area contributed by atoms with Crippen molar-refractivity contribution in [2.75, 3.05) is 46.7 Å². The van der Waals surface area contributed by atoms with Crippen molar-refractivity contribution in [3.63, 3.8) is 0 Å². The quantitative estimate of drug-likeness (QED) is 0.0753. The Labute approximate surface area is 372 Å². The van der Waals surface area contributed by atoms with Gasteiger partial charge in [0.15, 0.2) is 11.3 Å². The lowest BCUT2D eigenvalue weighted by Crippen LogP contribution is -2.46. The van der Waals surface area contributed by atoms with Gasteiger partial charge in [-0.15, -0.1) is 0 Å². The molecular formula is C48H60N3O13+. The summed E-state index contributed by atoms with van der Waals surface area (Å²) in [7, 11) is 7.58. The number of amides is 1. The number of hydrogen-bond acceptors (Lipinski definition) is 14. The Morgan fingerprint density at radius 3 is 2.34 bits per heavy atom. The lowest BCUT2D eigenvalue weighted by Gasteiger charge is -2.38. The fourth-order valence-electron chi connectivity index (χ4n) is 8.31. The second kappa shape index (κ2) is 18.4. The van der Waals surface area contributed by atoms with Crippen LogP contribution in [0, 0.1) is 30.6 Å². The van der Waals surface area contributed by atoms with Gasteiger partial charge >= 0.3 is 11.8 Å². The number of aliphatic hydroxyl groups excluding tert-OH is 2. The fraction of sp³-hybridized carbons (Fsp3) is 0.479. The van der Waals surface area contributed by atoms with Gasteiger partial charge in [0.25, 0.3) is 11.7 Å². The van der Waals surface area contributed by atoms with E-state index in [1.54, 1.807) is 58.0 Å². The van der Waals surface area contributed by atoms with E-state index < -0.39 is 82.7 Å². The third-order valence-electron chi connectivity index (χ3n) is 12.3. The van der Waals surface area contributed by atoms with E-state index in [1.165, 1.54) is 53.2 Å². The van der Waals surface area contributed by atoms with Crippen LogP contribution in [0.3, 0.4) is 0 Å². The van der Waals surface area contributed by atoms with Crippen LogP contribution < -0.4 is 20.2 Å². The molecule has 344 valence electrons. The molecule has 0 unspecified atom stereocenters. The molecule has 2 aromatic carbocycles. The third kappa shape index (κ3) is 9.23. The molecule has 1 amide bonds. The summed E-state index contributed by atoms with van der Waals surface area (Å²) in [6.07, 6.45) is 3.59. The number of fused-ring (bicyclic) bond motifs is 2. The Balaban J connectivity index is 1.57. The van der Waals surface area contributed by atoms with Crippen molar-refractivity contribution >= 4 is 45.2 Å². The molecule has 4 N–H and O–H groups in total. The van der Waals surface area contributed by atoms with Gasteiger partial charge in [0, 0.05) is 67.2 Å². The number of esters is 1. The van der Waals surface area contributed by atoms with Gasteiger partial charge in [-0.05, 0) is 32.1 Å². The predicted molar refractivity (Wildman–Crippen MR) is 239 cm³/mol. The van der Waals surface area contributed by atoms with E-state index >= 15 is 0 Å². The molecule has 0 spiro atoms. The van der Waals surface area contributed by atoms with Crippen molar-refractivity contribution in [1.29, 1.82) is 0 Å². The number of phenolic OH excluding ortho intramolecular Hbond substituents is 1. The Hall–Kier alpha value is -5.81. The number of carbonyl (C=O) groups excluding carboxylic acids is 3. The summed E-state index contributed by atoms with van der Waals surface area (Å²) in [6, 6.07) is 4.98. The van der Waals surface area contributed by atoms with Crippen LogP contribution in [-0.2, 0) is 23.8 Å². The first-order valence-corrected chi connectivity index (χ1v) is 21.3. The number of Topliss-reactive ketones (excluding diaryl/α,β-unsaturated/α-hetero) is 1. The largest absolute Gasteiger partial charge is 0.507 e. The van der Waals surface area contributed by atoms with Gasteiger partial charge in [-0.2, -0.15) is 0 Å². The summed E-state index contributed by atoms with van der Waals surface area (Å²) < 4.78 is 37.0. The molecule has 0 aromatic heterocycles. The molecule has 1 aliphatic carbocycles. The van der Waals surface area contributed by atoms with Crippen LogP contribution in [0.1, 0.15) is 64.4 Å². The summed E-state index contributed by atoms with van der Waals surface area (Å²) in [5, 5.41) is 37.1. The normalized spacial score (nSPS) is 28.9. The predicted octanol–water partition coefficient (Wildman–Crippen LogP) is 6.03. The maximum Gasteiger partial charge on any atom is 0.312 e. The minimum atomic E-state index is -2.04. The van der Waals surface area contributed by atoms with E-state index in [2.05, 4.69) is 5.32 Å². The van der Waals surface area contributed by atoms with Crippen LogP contribution in [-0.4, -0.2) is 114 Å². The number of hydrogen-bond donors (Lipinski definition) is 4. The van der Waals surface area contributed by atoms with Crippen LogP contribution in [0.4, 0.5) is 5.69 Å². The molecule has 3 aliphatic heterocycles. The maximum absolute atomic E-state index is 14.7. The lowest BCUT2D eigenvalue weighted by atomic mass is 9.78. The first kappa shape index (κ1) is 47.7. The Morgan fingerprint density at radius 2 is 1.69 bits per heavy atom. The molecule has 3 heterocycles. The Kier molecular flexibility index (Phi) is 13.7. The summed E-state index contributed by atoms with van der Waals surface area (Å²) in [4.78, 5) is 60.6. The number of rotatable bonds is 6. The van der Waals surface area contributed by atoms with Crippen molar-refractivity contribution < 1.29 is 62.3 Å². The van der Waals surface area contributed by atoms with E-state index in [-0.39, 0.29) is 55.9 Å². The zero-order valence-electron chi connectivity index (χ0n) is 38.5. The van der Waals surface area contributed by atoms with E-state index in [4.69, 9.17) is 33.1 Å². The number of nitrogens with zero attached hydrogens (tertiary/aromatic N) is 2. The van der Waals surface area contributed by atoms with E-state index in [9.17, 15) is 34.5 Å². The standard InChI is InChI=1S/C48H59N3O13/c1-23-14-13-15-24(2)47(58)50-38-42(56)35-34(37-45(38)63-33-17-16-30(22-31(33)49-37)60-21-19-51(9,10)11)36-44(28(6)41(35)55)64-48(8,46(36)57)61-20-18-32(59-12)25(3)43(62-29(7)52)27(5)40(54)26(4)39(23)53/h13-18,20,22-23,25-27,32,39-40,43,53-54H,19,21H2,1-12H3,(H-,49,50,55,56,57,58)/p+1/b14-13+,20-18+,24-15-/t23-,25+,26+,27+,32-,39-,40+,43+,48-/m0/s1. The number of quaternary nitrogens is 1. The number of likely N-dealkylation sites (N-methyl/N-ethyl adjacent to an activating group) is 1. The second-order valence-corrected chi connectivity index (χ2v) is 18.2. The van der Waals surface area contributed by atoms with Gasteiger partial charge < -0.3 is 53.2 Å². The number of phenols is 1. The molecular weight excluding hydrogens is 827 g/mol. The number of ketones is 1. The SMILES string of the molecule is CO[C@H]1/C=C/O[C@@]2(C)Oc3c(C)c(O)c4c(=O)c(c5oc6ccc(OCC[N+](C)(C)C)cc6nc-5c4c3C2=O)NC(=O)/C(C)=C\C=C\[C@H](C)[C@H](O)[C@@H](C)[C@@H](O)[C@@H](C)[C@H](OC(C)=O)[C@@H]1C. The van der Waals surface area contributed by atoms with Crippen LogP contribution in [0.2, 0.25) is 0 Å². The smallest absolute Gasteiger partial charge is 0.312 e. The summed E-state index contributed by atoms with van der Waals surface area (Å²) >= 11 is 0. The van der Waals surface area contributed by atoms with Crippen molar-refractivity contribution in [1.82, 2.24) is 4.98 Å². The van der Waals surface area contributed by atoms with Gasteiger partial charge in [-0.3, -0.25) is 19.2 Å². The van der Waals surface area contributed by atoms with Crippen molar-refractivity contribution in [2.45, 2.75) is 85.6 Å². The van der Waals surface area contributed by atoms with Crippen molar-refractivity contribution in [3.8, 4) is 28.7 Å². The summed E-state index contributed by atoms with van der Waals surface area (Å²) in [5.74, 6) is -6.78. The number of benzene rings is 3. The molecule has 0 saturated carbocycles. The average Bonchev–Trinajstić information content (AvgIpc) is 3.50. The van der Waals surface area contributed by atoms with Gasteiger partial charge in [0.1, 0.15) is 53.4 Å². The lowest BCUT2D eigenvalue weighted by molar-refractivity contribution is -0.870. The number of nitrogens with one attached hydrogen (secondary N) is 1. The zero-order valence-corrected chi connectivity index (χ0v) is 38.5. The van der Waals surface area contributed by atoms with Crippen LogP contribution >= 0.6 is 0 Å².